The van der Waals surface area contributed by atoms with Crippen LogP contribution in [0.25, 0.3) is 0 Å². The molecule has 122 valence electrons. The van der Waals surface area contributed by atoms with Gasteiger partial charge in [-0.15, -0.1) is 0 Å². The minimum absolute atomic E-state index is 0.0122. The van der Waals surface area contributed by atoms with Crippen LogP contribution in [0.2, 0.25) is 0 Å². The summed E-state index contributed by atoms with van der Waals surface area (Å²) in [7, 11) is 0. The van der Waals surface area contributed by atoms with Gasteiger partial charge in [0, 0.05) is 0 Å². The molecule has 0 saturated heterocycles. The third kappa shape index (κ3) is 9.66. The third-order valence-corrected chi connectivity index (χ3v) is 3.11. The standard InChI is InChI=1S/C15H34N2O3/c1-5-9-12(11-18-13(16)7-3)19-15(10-6-2)20-14(17)8-4/h12-15H,5-11,16-17H2,1-4H3. The summed E-state index contributed by atoms with van der Waals surface area (Å²) >= 11 is 0. The molecule has 0 aliphatic carbocycles. The van der Waals surface area contributed by atoms with Crippen molar-refractivity contribution in [1.29, 1.82) is 0 Å². The Labute approximate surface area is 124 Å². The summed E-state index contributed by atoms with van der Waals surface area (Å²) in [6.07, 6.45) is 4.65. The maximum absolute atomic E-state index is 6.02. The first kappa shape index (κ1) is 19.8. The van der Waals surface area contributed by atoms with Crippen LogP contribution in [-0.4, -0.2) is 31.5 Å². The molecular formula is C15H34N2O3. The highest BCUT2D eigenvalue weighted by Crippen LogP contribution is 2.14. The normalized spacial score (nSPS) is 17.7. The van der Waals surface area contributed by atoms with Crippen molar-refractivity contribution in [3.05, 3.63) is 0 Å². The molecular weight excluding hydrogens is 256 g/mol. The van der Waals surface area contributed by atoms with Crippen molar-refractivity contribution in [1.82, 2.24) is 0 Å². The summed E-state index contributed by atoms with van der Waals surface area (Å²) in [6.45, 7) is 8.75. The van der Waals surface area contributed by atoms with Crippen molar-refractivity contribution in [2.24, 2.45) is 11.5 Å². The maximum atomic E-state index is 6.02. The van der Waals surface area contributed by atoms with Gasteiger partial charge in [-0.25, -0.2) is 0 Å². The molecule has 0 aromatic rings. The molecule has 5 nitrogen and oxygen atoms in total. The lowest BCUT2D eigenvalue weighted by Gasteiger charge is -2.27. The van der Waals surface area contributed by atoms with E-state index in [0.29, 0.717) is 6.61 Å². The Kier molecular flexibility index (Phi) is 12.4. The van der Waals surface area contributed by atoms with Crippen LogP contribution in [0.5, 0.6) is 0 Å². The predicted octanol–water partition coefficient (Wildman–Crippen LogP) is 2.72. The molecule has 0 fully saturated rings. The van der Waals surface area contributed by atoms with E-state index in [4.69, 9.17) is 25.7 Å². The van der Waals surface area contributed by atoms with Crippen molar-refractivity contribution in [3.63, 3.8) is 0 Å². The molecule has 0 bridgehead atoms. The molecule has 5 heteroatoms. The summed E-state index contributed by atoms with van der Waals surface area (Å²) < 4.78 is 17.3. The first-order chi connectivity index (χ1) is 9.57. The van der Waals surface area contributed by atoms with Crippen molar-refractivity contribution >= 4 is 0 Å². The largest absolute Gasteiger partial charge is 0.361 e. The molecule has 0 rings (SSSR count). The topological polar surface area (TPSA) is 79.7 Å². The summed E-state index contributed by atoms with van der Waals surface area (Å²) in [5, 5.41) is 0. The zero-order valence-corrected chi connectivity index (χ0v) is 13.6. The van der Waals surface area contributed by atoms with Crippen LogP contribution in [0.1, 0.15) is 66.2 Å². The molecule has 4 N–H and O–H groups in total. The second-order valence-electron chi connectivity index (χ2n) is 5.13. The highest BCUT2D eigenvalue weighted by atomic mass is 16.7. The number of hydrogen-bond acceptors (Lipinski definition) is 5. The molecule has 20 heavy (non-hydrogen) atoms. The Morgan fingerprint density at radius 1 is 0.800 bits per heavy atom. The summed E-state index contributed by atoms with van der Waals surface area (Å²) in [5.74, 6) is 0. The van der Waals surface area contributed by atoms with Crippen molar-refractivity contribution in [3.8, 4) is 0 Å². The van der Waals surface area contributed by atoms with Crippen LogP contribution in [0.3, 0.4) is 0 Å². The Morgan fingerprint density at radius 3 is 1.90 bits per heavy atom. The lowest BCUT2D eigenvalue weighted by Crippen LogP contribution is -2.36. The summed E-state index contributed by atoms with van der Waals surface area (Å²) in [5.41, 5.74) is 11.6. The fourth-order valence-electron chi connectivity index (χ4n) is 1.77. The molecule has 0 spiro atoms. The first-order valence-corrected chi connectivity index (χ1v) is 8.00. The smallest absolute Gasteiger partial charge is 0.160 e. The average Bonchev–Trinajstić information content (AvgIpc) is 2.44. The SMILES string of the molecule is CCCC(COC(N)CC)OC(CCC)OC(N)CC. The van der Waals surface area contributed by atoms with Gasteiger partial charge in [-0.3, -0.25) is 0 Å². The van der Waals surface area contributed by atoms with Gasteiger partial charge in [0.1, 0.15) is 12.5 Å². The molecule has 0 aromatic heterocycles. The fraction of sp³-hybridized carbons (Fsp3) is 1.00. The minimum Gasteiger partial charge on any atom is -0.361 e. The van der Waals surface area contributed by atoms with Gasteiger partial charge in [0.25, 0.3) is 0 Å². The van der Waals surface area contributed by atoms with Crippen LogP contribution in [-0.2, 0) is 14.2 Å². The van der Waals surface area contributed by atoms with Crippen molar-refractivity contribution in [2.45, 2.75) is 91.1 Å². The molecule has 0 amide bonds. The lowest BCUT2D eigenvalue weighted by atomic mass is 10.2. The number of nitrogens with two attached hydrogens (primary N) is 2. The quantitative estimate of drug-likeness (QED) is 0.510. The maximum Gasteiger partial charge on any atom is 0.160 e. The van der Waals surface area contributed by atoms with E-state index in [1.807, 2.05) is 13.8 Å². The van der Waals surface area contributed by atoms with Crippen LogP contribution in [0, 0.1) is 0 Å². The van der Waals surface area contributed by atoms with Gasteiger partial charge in [-0.2, -0.15) is 0 Å². The Bertz CT molecular complexity index is 217. The number of ether oxygens (including phenoxy) is 3. The van der Waals surface area contributed by atoms with Gasteiger partial charge in [-0.05, 0) is 25.7 Å². The zero-order chi connectivity index (χ0) is 15.4. The monoisotopic (exact) mass is 290 g/mol. The fourth-order valence-corrected chi connectivity index (χ4v) is 1.77. The van der Waals surface area contributed by atoms with Gasteiger partial charge >= 0.3 is 0 Å². The molecule has 0 radical (unpaired) electrons. The van der Waals surface area contributed by atoms with Crippen LogP contribution >= 0.6 is 0 Å². The van der Waals surface area contributed by atoms with E-state index < -0.39 is 0 Å². The Balaban J connectivity index is 4.32. The summed E-state index contributed by atoms with van der Waals surface area (Å²) in [4.78, 5) is 0. The molecule has 0 aromatic carbocycles. The molecule has 0 aliphatic rings. The second kappa shape index (κ2) is 12.5. The zero-order valence-electron chi connectivity index (χ0n) is 13.6. The third-order valence-electron chi connectivity index (χ3n) is 3.11. The summed E-state index contributed by atoms with van der Waals surface area (Å²) in [6, 6.07) is 0. The van der Waals surface area contributed by atoms with E-state index in [0.717, 1.165) is 38.5 Å². The highest BCUT2D eigenvalue weighted by Gasteiger charge is 2.19. The van der Waals surface area contributed by atoms with E-state index in [-0.39, 0.29) is 24.8 Å². The average molecular weight is 290 g/mol. The van der Waals surface area contributed by atoms with Gasteiger partial charge in [0.2, 0.25) is 0 Å². The van der Waals surface area contributed by atoms with Crippen molar-refractivity contribution in [2.75, 3.05) is 6.61 Å². The first-order valence-electron chi connectivity index (χ1n) is 8.00. The van der Waals surface area contributed by atoms with Gasteiger partial charge in [0.05, 0.1) is 12.7 Å². The van der Waals surface area contributed by atoms with Crippen LogP contribution < -0.4 is 11.5 Å². The number of rotatable bonds is 13. The Morgan fingerprint density at radius 2 is 1.40 bits per heavy atom. The van der Waals surface area contributed by atoms with E-state index in [1.54, 1.807) is 0 Å². The van der Waals surface area contributed by atoms with Crippen LogP contribution in [0.15, 0.2) is 0 Å². The minimum atomic E-state index is -0.271. The van der Waals surface area contributed by atoms with Crippen LogP contribution in [0.4, 0.5) is 0 Å². The molecule has 0 aliphatic heterocycles. The van der Waals surface area contributed by atoms with E-state index >= 15 is 0 Å². The van der Waals surface area contributed by atoms with E-state index in [1.165, 1.54) is 0 Å². The lowest BCUT2D eigenvalue weighted by molar-refractivity contribution is -0.209. The predicted molar refractivity (Wildman–Crippen MR) is 82.0 cm³/mol. The van der Waals surface area contributed by atoms with E-state index in [9.17, 15) is 0 Å². The molecule has 4 atom stereocenters. The van der Waals surface area contributed by atoms with E-state index in [2.05, 4.69) is 13.8 Å². The molecule has 0 heterocycles. The molecule has 0 saturated carbocycles. The van der Waals surface area contributed by atoms with Gasteiger partial charge < -0.3 is 25.7 Å². The van der Waals surface area contributed by atoms with Crippen molar-refractivity contribution < 1.29 is 14.2 Å². The second-order valence-corrected chi connectivity index (χ2v) is 5.13. The molecule has 4 unspecified atom stereocenters. The number of hydrogen-bond donors (Lipinski definition) is 2. The highest BCUT2D eigenvalue weighted by molar-refractivity contribution is 4.60. The Hall–Kier alpha value is -0.200. The van der Waals surface area contributed by atoms with Gasteiger partial charge in [-0.1, -0.05) is 40.5 Å². The van der Waals surface area contributed by atoms with Gasteiger partial charge in [0.15, 0.2) is 6.29 Å².